The molecule has 3 nitrogen and oxygen atoms in total. The Hall–Kier alpha value is -2.07. The molecule has 0 saturated carbocycles. The third-order valence-electron chi connectivity index (χ3n) is 2.98. The van der Waals surface area contributed by atoms with Gasteiger partial charge in [0.2, 0.25) is 0 Å². The van der Waals surface area contributed by atoms with Gasteiger partial charge >= 0.3 is 0 Å². The third-order valence-corrected chi connectivity index (χ3v) is 2.98. The molecule has 1 N–H and O–H groups in total. The Labute approximate surface area is 117 Å². The lowest BCUT2D eigenvalue weighted by atomic mass is 10.1. The maximum absolute atomic E-state index is 13.9. The van der Waals surface area contributed by atoms with Crippen LogP contribution in [-0.4, -0.2) is 12.2 Å². The standard InChI is InChI=1S/C16H17FO3/c1-10-7-8-14(15(9-10)19-3)20-16-12(11(2)18)5-4-6-13(16)17/h4-9,11,18H,1-3H3/t11-/m0/s1. The molecule has 0 amide bonds. The van der Waals surface area contributed by atoms with Gasteiger partial charge in [0.05, 0.1) is 13.2 Å². The van der Waals surface area contributed by atoms with E-state index in [1.165, 1.54) is 19.2 Å². The van der Waals surface area contributed by atoms with Crippen LogP contribution in [0.4, 0.5) is 4.39 Å². The van der Waals surface area contributed by atoms with Crippen molar-refractivity contribution >= 4 is 0 Å². The van der Waals surface area contributed by atoms with Gasteiger partial charge in [-0.1, -0.05) is 18.2 Å². The van der Waals surface area contributed by atoms with Crippen molar-refractivity contribution in [2.45, 2.75) is 20.0 Å². The number of aliphatic hydroxyl groups excluding tert-OH is 1. The quantitative estimate of drug-likeness (QED) is 0.917. The van der Waals surface area contributed by atoms with Crippen molar-refractivity contribution in [1.82, 2.24) is 0 Å². The van der Waals surface area contributed by atoms with Crippen molar-refractivity contribution in [3.05, 3.63) is 53.3 Å². The minimum Gasteiger partial charge on any atom is -0.493 e. The van der Waals surface area contributed by atoms with Crippen LogP contribution in [0, 0.1) is 12.7 Å². The average molecular weight is 276 g/mol. The van der Waals surface area contributed by atoms with E-state index in [2.05, 4.69) is 0 Å². The molecule has 0 aliphatic carbocycles. The third kappa shape index (κ3) is 2.91. The van der Waals surface area contributed by atoms with Crippen LogP contribution < -0.4 is 9.47 Å². The fraction of sp³-hybridized carbons (Fsp3) is 0.250. The van der Waals surface area contributed by atoms with Gasteiger partial charge in [-0.15, -0.1) is 0 Å². The van der Waals surface area contributed by atoms with E-state index in [1.807, 2.05) is 13.0 Å². The second-order valence-electron chi connectivity index (χ2n) is 4.59. The summed E-state index contributed by atoms with van der Waals surface area (Å²) in [5, 5.41) is 9.70. The summed E-state index contributed by atoms with van der Waals surface area (Å²) in [7, 11) is 1.53. The molecule has 106 valence electrons. The van der Waals surface area contributed by atoms with Crippen molar-refractivity contribution in [3.8, 4) is 17.2 Å². The summed E-state index contributed by atoms with van der Waals surface area (Å²) < 4.78 is 24.8. The smallest absolute Gasteiger partial charge is 0.169 e. The molecule has 0 saturated heterocycles. The van der Waals surface area contributed by atoms with Crippen LogP contribution in [0.1, 0.15) is 24.2 Å². The monoisotopic (exact) mass is 276 g/mol. The largest absolute Gasteiger partial charge is 0.493 e. The first-order valence-electron chi connectivity index (χ1n) is 6.32. The van der Waals surface area contributed by atoms with Crippen molar-refractivity contribution in [2.75, 3.05) is 7.11 Å². The number of aryl methyl sites for hydroxylation is 1. The normalized spacial score (nSPS) is 12.1. The molecule has 1 atom stereocenters. The van der Waals surface area contributed by atoms with Crippen molar-refractivity contribution in [1.29, 1.82) is 0 Å². The molecule has 0 fully saturated rings. The lowest BCUT2D eigenvalue weighted by Gasteiger charge is -2.16. The number of ether oxygens (including phenoxy) is 2. The first-order chi connectivity index (χ1) is 9.52. The maximum atomic E-state index is 13.9. The Morgan fingerprint density at radius 2 is 1.90 bits per heavy atom. The zero-order valence-electron chi connectivity index (χ0n) is 11.7. The van der Waals surface area contributed by atoms with Gasteiger partial charge in [0, 0.05) is 5.56 Å². The maximum Gasteiger partial charge on any atom is 0.169 e. The Bertz CT molecular complexity index is 609. The molecule has 20 heavy (non-hydrogen) atoms. The SMILES string of the molecule is COc1cc(C)ccc1Oc1c(F)cccc1[C@H](C)O. The van der Waals surface area contributed by atoms with Crippen LogP contribution in [0.5, 0.6) is 17.2 Å². The summed E-state index contributed by atoms with van der Waals surface area (Å²) in [6.07, 6.45) is -0.822. The fourth-order valence-electron chi connectivity index (χ4n) is 1.93. The highest BCUT2D eigenvalue weighted by Gasteiger charge is 2.16. The summed E-state index contributed by atoms with van der Waals surface area (Å²) in [5.74, 6) is 0.422. The molecule has 0 aliphatic rings. The van der Waals surface area contributed by atoms with Gasteiger partial charge in [-0.2, -0.15) is 0 Å². The zero-order chi connectivity index (χ0) is 14.7. The van der Waals surface area contributed by atoms with Crippen molar-refractivity contribution < 1.29 is 19.0 Å². The summed E-state index contributed by atoms with van der Waals surface area (Å²) in [6.45, 7) is 3.49. The number of aliphatic hydroxyl groups is 1. The van der Waals surface area contributed by atoms with Gasteiger partial charge in [0.25, 0.3) is 0 Å². The van der Waals surface area contributed by atoms with E-state index in [4.69, 9.17) is 9.47 Å². The summed E-state index contributed by atoms with van der Waals surface area (Å²) >= 11 is 0. The minimum absolute atomic E-state index is 0.0182. The van der Waals surface area contributed by atoms with E-state index < -0.39 is 11.9 Å². The van der Waals surface area contributed by atoms with Gasteiger partial charge in [0.1, 0.15) is 0 Å². The molecule has 0 unspecified atom stereocenters. The second-order valence-corrected chi connectivity index (χ2v) is 4.59. The lowest BCUT2D eigenvalue weighted by molar-refractivity contribution is 0.194. The average Bonchev–Trinajstić information content (AvgIpc) is 2.42. The number of para-hydroxylation sites is 1. The molecule has 2 aromatic carbocycles. The number of benzene rings is 2. The van der Waals surface area contributed by atoms with E-state index in [9.17, 15) is 9.50 Å². The molecule has 0 bridgehead atoms. The Morgan fingerprint density at radius 1 is 1.15 bits per heavy atom. The predicted molar refractivity (Wildman–Crippen MR) is 74.8 cm³/mol. The van der Waals surface area contributed by atoms with Crippen molar-refractivity contribution in [3.63, 3.8) is 0 Å². The number of hydrogen-bond donors (Lipinski definition) is 1. The van der Waals surface area contributed by atoms with Crippen LogP contribution in [0.3, 0.4) is 0 Å². The second kappa shape index (κ2) is 5.92. The molecule has 2 rings (SSSR count). The molecule has 4 heteroatoms. The molecule has 2 aromatic rings. The van der Waals surface area contributed by atoms with Gasteiger partial charge < -0.3 is 14.6 Å². The molecule has 0 spiro atoms. The number of methoxy groups -OCH3 is 1. The summed E-state index contributed by atoms with van der Waals surface area (Å²) in [6, 6.07) is 9.83. The first-order valence-corrected chi connectivity index (χ1v) is 6.32. The first kappa shape index (κ1) is 14.3. The Morgan fingerprint density at radius 3 is 2.55 bits per heavy atom. The molecule has 0 radical (unpaired) electrons. The Balaban J connectivity index is 2.45. The van der Waals surface area contributed by atoms with E-state index in [0.29, 0.717) is 17.1 Å². The predicted octanol–water partition coefficient (Wildman–Crippen LogP) is 3.99. The van der Waals surface area contributed by atoms with Gasteiger partial charge in [0.15, 0.2) is 23.1 Å². The number of hydrogen-bond acceptors (Lipinski definition) is 3. The summed E-state index contributed by atoms with van der Waals surface area (Å²) in [5.41, 5.74) is 1.41. The molecule has 0 heterocycles. The number of halogens is 1. The van der Waals surface area contributed by atoms with Crippen LogP contribution in [0.25, 0.3) is 0 Å². The van der Waals surface area contributed by atoms with E-state index in [0.717, 1.165) is 5.56 Å². The topological polar surface area (TPSA) is 38.7 Å². The Kier molecular flexibility index (Phi) is 4.25. The van der Waals surface area contributed by atoms with Crippen LogP contribution >= 0.6 is 0 Å². The highest BCUT2D eigenvalue weighted by Crippen LogP contribution is 2.36. The molecular formula is C16H17FO3. The van der Waals surface area contributed by atoms with Crippen molar-refractivity contribution in [2.24, 2.45) is 0 Å². The molecular weight excluding hydrogens is 259 g/mol. The molecule has 0 aliphatic heterocycles. The highest BCUT2D eigenvalue weighted by atomic mass is 19.1. The minimum atomic E-state index is -0.822. The molecule has 0 aromatic heterocycles. The number of rotatable bonds is 4. The van der Waals surface area contributed by atoms with E-state index in [-0.39, 0.29) is 5.75 Å². The van der Waals surface area contributed by atoms with E-state index in [1.54, 1.807) is 25.1 Å². The van der Waals surface area contributed by atoms with E-state index >= 15 is 0 Å². The van der Waals surface area contributed by atoms with Gasteiger partial charge in [-0.3, -0.25) is 0 Å². The van der Waals surface area contributed by atoms with Crippen LogP contribution in [-0.2, 0) is 0 Å². The summed E-state index contributed by atoms with van der Waals surface area (Å²) in [4.78, 5) is 0. The fourth-order valence-corrected chi connectivity index (χ4v) is 1.93. The van der Waals surface area contributed by atoms with Crippen LogP contribution in [0.2, 0.25) is 0 Å². The van der Waals surface area contributed by atoms with Gasteiger partial charge in [-0.05, 0) is 37.6 Å². The zero-order valence-corrected chi connectivity index (χ0v) is 11.7. The van der Waals surface area contributed by atoms with Gasteiger partial charge in [-0.25, -0.2) is 4.39 Å². The lowest BCUT2D eigenvalue weighted by Crippen LogP contribution is -2.00. The highest BCUT2D eigenvalue weighted by molar-refractivity contribution is 5.47. The van der Waals surface area contributed by atoms with Crippen LogP contribution in [0.15, 0.2) is 36.4 Å².